The molecule has 2 heterocycles. The monoisotopic (exact) mass is 269 g/mol. The summed E-state index contributed by atoms with van der Waals surface area (Å²) in [5, 5.41) is 18.6. The van der Waals surface area contributed by atoms with E-state index in [2.05, 4.69) is 9.88 Å². The minimum atomic E-state index is -0.833. The molecule has 8 heteroatoms. The highest BCUT2D eigenvalue weighted by atomic mass is 16.5. The van der Waals surface area contributed by atoms with E-state index in [1.54, 1.807) is 6.07 Å². The lowest BCUT2D eigenvalue weighted by atomic mass is 10.1. The number of nitrogens with zero attached hydrogens (tertiary/aromatic N) is 3. The van der Waals surface area contributed by atoms with Gasteiger partial charge in [0.1, 0.15) is 0 Å². The van der Waals surface area contributed by atoms with E-state index in [1.165, 1.54) is 6.42 Å². The van der Waals surface area contributed by atoms with Crippen molar-refractivity contribution in [1.29, 1.82) is 0 Å². The second-order valence-electron chi connectivity index (χ2n) is 4.26. The molecule has 5 N–H and O–H groups in total. The van der Waals surface area contributed by atoms with Gasteiger partial charge in [-0.15, -0.1) is 0 Å². The van der Waals surface area contributed by atoms with Crippen LogP contribution < -0.4 is 21.1 Å². The number of piperidine rings is 1. The number of carboxylic acids is 1. The molecule has 1 aliphatic heterocycles. The third-order valence-corrected chi connectivity index (χ3v) is 2.63. The minimum absolute atomic E-state index is 0.0874. The van der Waals surface area contributed by atoms with E-state index in [9.17, 15) is 5.21 Å². The summed E-state index contributed by atoms with van der Waals surface area (Å²) in [7, 11) is 0. The Balaban J connectivity index is 0.000000399. The fraction of sp³-hybridized carbons (Fsp3) is 0.545. The highest BCUT2D eigenvalue weighted by Gasteiger charge is 2.16. The molecule has 8 nitrogen and oxygen atoms in total. The zero-order chi connectivity index (χ0) is 14.4. The first-order valence-electron chi connectivity index (χ1n) is 6.02. The molecule has 0 atom stereocenters. The van der Waals surface area contributed by atoms with Crippen molar-refractivity contribution in [2.75, 3.05) is 29.5 Å². The number of aliphatic carboxylic acids is 1. The van der Waals surface area contributed by atoms with Gasteiger partial charge in [0, 0.05) is 20.0 Å². The molecule has 0 spiro atoms. The van der Waals surface area contributed by atoms with Crippen LogP contribution in [0.4, 0.5) is 17.6 Å². The van der Waals surface area contributed by atoms with Gasteiger partial charge in [0.2, 0.25) is 0 Å². The first-order valence-corrected chi connectivity index (χ1v) is 6.02. The molecule has 0 aromatic carbocycles. The summed E-state index contributed by atoms with van der Waals surface area (Å²) >= 11 is 0. The maximum absolute atomic E-state index is 11.2. The first kappa shape index (κ1) is 14.8. The lowest BCUT2D eigenvalue weighted by Gasteiger charge is -2.26. The Labute approximate surface area is 111 Å². The van der Waals surface area contributed by atoms with Crippen molar-refractivity contribution in [1.82, 2.24) is 4.98 Å². The predicted octanol–water partition coefficient (Wildman–Crippen LogP) is -0.0394. The number of carboxylic acid groups (broad SMARTS) is 1. The van der Waals surface area contributed by atoms with Gasteiger partial charge in [-0.1, -0.05) is 4.98 Å². The predicted molar refractivity (Wildman–Crippen MR) is 71.4 cm³/mol. The zero-order valence-corrected chi connectivity index (χ0v) is 10.9. The first-order chi connectivity index (χ1) is 8.91. The van der Waals surface area contributed by atoms with Gasteiger partial charge in [-0.2, -0.15) is 0 Å². The minimum Gasteiger partial charge on any atom is -0.754 e. The van der Waals surface area contributed by atoms with Crippen LogP contribution >= 0.6 is 0 Å². The van der Waals surface area contributed by atoms with E-state index in [-0.39, 0.29) is 11.8 Å². The van der Waals surface area contributed by atoms with Crippen molar-refractivity contribution >= 4 is 23.6 Å². The van der Waals surface area contributed by atoms with Gasteiger partial charge in [0.15, 0.2) is 11.6 Å². The number of hydrogen-bond donors (Lipinski definition) is 3. The summed E-state index contributed by atoms with van der Waals surface area (Å²) in [4.78, 5) is 15.1. The van der Waals surface area contributed by atoms with E-state index in [4.69, 9.17) is 21.4 Å². The van der Waals surface area contributed by atoms with Gasteiger partial charge in [-0.3, -0.25) is 4.79 Å². The van der Waals surface area contributed by atoms with Crippen molar-refractivity contribution in [2.24, 2.45) is 0 Å². The maximum atomic E-state index is 11.2. The second kappa shape index (κ2) is 6.62. The molecule has 2 rings (SSSR count). The standard InChI is InChI=1S/C9H15N5O.C2H4O2/c10-7-6-8(12-9(11)14(7)15)13-4-2-1-3-5-13;1-2(3)4/h6H,1-5,10H2,(H2,11,12);1H3,(H,3,4). The molecule has 0 bridgehead atoms. The number of nitrogen functional groups attached to an aromatic ring is 2. The summed E-state index contributed by atoms with van der Waals surface area (Å²) in [6.07, 6.45) is 3.54. The number of anilines is 3. The Morgan fingerprint density at radius 2 is 1.95 bits per heavy atom. The smallest absolute Gasteiger partial charge is 0.346 e. The summed E-state index contributed by atoms with van der Waals surface area (Å²) in [5.74, 6) is -0.115. The van der Waals surface area contributed by atoms with E-state index in [1.807, 2.05) is 0 Å². The molecular formula is C11H19N5O3. The average Bonchev–Trinajstić information content (AvgIpc) is 2.36. The van der Waals surface area contributed by atoms with Gasteiger partial charge in [-0.05, 0) is 19.3 Å². The molecule has 0 unspecified atom stereocenters. The van der Waals surface area contributed by atoms with Gasteiger partial charge in [0.05, 0.1) is 6.07 Å². The normalized spacial score (nSPS) is 14.5. The van der Waals surface area contributed by atoms with Crippen LogP contribution in [0.2, 0.25) is 0 Å². The van der Waals surface area contributed by atoms with E-state index >= 15 is 0 Å². The van der Waals surface area contributed by atoms with Crippen molar-refractivity contribution in [3.63, 3.8) is 0 Å². The lowest BCUT2D eigenvalue weighted by Crippen LogP contribution is -2.38. The molecular weight excluding hydrogens is 250 g/mol. The highest BCUT2D eigenvalue weighted by Crippen LogP contribution is 2.18. The molecule has 0 radical (unpaired) electrons. The van der Waals surface area contributed by atoms with Crippen LogP contribution in [0.25, 0.3) is 0 Å². The number of hydrogen-bond acceptors (Lipinski definition) is 6. The Hall–Kier alpha value is -2.25. The molecule has 0 amide bonds. The van der Waals surface area contributed by atoms with Gasteiger partial charge >= 0.3 is 5.95 Å². The SMILES string of the molecule is CC(=O)O.Nc1cc(N2CCCCC2)nc(N)[n+]1[O-]. The van der Waals surface area contributed by atoms with E-state index in [0.717, 1.165) is 32.9 Å². The number of rotatable bonds is 1. The highest BCUT2D eigenvalue weighted by molar-refractivity contribution is 5.62. The van der Waals surface area contributed by atoms with Gasteiger partial charge < -0.3 is 26.7 Å². The third kappa shape index (κ3) is 4.49. The van der Waals surface area contributed by atoms with Crippen LogP contribution in [-0.2, 0) is 4.79 Å². The van der Waals surface area contributed by atoms with Crippen LogP contribution in [0.15, 0.2) is 6.07 Å². The topological polar surface area (TPSA) is 132 Å². The molecule has 1 saturated heterocycles. The second-order valence-corrected chi connectivity index (χ2v) is 4.26. The Morgan fingerprint density at radius 1 is 1.42 bits per heavy atom. The molecule has 1 aromatic rings. The Kier molecular flexibility index (Phi) is 5.16. The molecule has 1 aliphatic rings. The molecule has 0 saturated carbocycles. The van der Waals surface area contributed by atoms with Crippen LogP contribution in [0.3, 0.4) is 0 Å². The summed E-state index contributed by atoms with van der Waals surface area (Å²) in [5.41, 5.74) is 11.0. The van der Waals surface area contributed by atoms with Crippen molar-refractivity contribution in [2.45, 2.75) is 26.2 Å². The van der Waals surface area contributed by atoms with E-state index in [0.29, 0.717) is 10.5 Å². The summed E-state index contributed by atoms with van der Waals surface area (Å²) in [6, 6.07) is 1.58. The van der Waals surface area contributed by atoms with Crippen molar-refractivity contribution in [3.05, 3.63) is 11.3 Å². The fourth-order valence-corrected chi connectivity index (χ4v) is 1.80. The molecule has 1 fully saturated rings. The molecule has 19 heavy (non-hydrogen) atoms. The number of aromatic nitrogens is 2. The Bertz CT molecular complexity index is 419. The van der Waals surface area contributed by atoms with E-state index < -0.39 is 5.97 Å². The lowest BCUT2D eigenvalue weighted by molar-refractivity contribution is -0.576. The molecule has 0 aliphatic carbocycles. The van der Waals surface area contributed by atoms with Crippen molar-refractivity contribution < 1.29 is 14.6 Å². The largest absolute Gasteiger partial charge is 0.754 e. The maximum Gasteiger partial charge on any atom is 0.346 e. The van der Waals surface area contributed by atoms with Crippen LogP contribution in [-0.4, -0.2) is 29.1 Å². The van der Waals surface area contributed by atoms with Gasteiger partial charge in [-0.25, -0.2) is 4.73 Å². The zero-order valence-electron chi connectivity index (χ0n) is 10.9. The number of nitrogens with two attached hydrogens (primary N) is 2. The number of carbonyl (C=O) groups is 1. The molecule has 106 valence electrons. The molecule has 1 aromatic heterocycles. The van der Waals surface area contributed by atoms with Crippen LogP contribution in [0.1, 0.15) is 26.2 Å². The fourth-order valence-electron chi connectivity index (χ4n) is 1.80. The van der Waals surface area contributed by atoms with Crippen LogP contribution in [0.5, 0.6) is 0 Å². The summed E-state index contributed by atoms with van der Waals surface area (Å²) < 4.78 is 0.438. The third-order valence-electron chi connectivity index (χ3n) is 2.63. The van der Waals surface area contributed by atoms with Crippen LogP contribution in [0, 0.1) is 5.21 Å². The quantitative estimate of drug-likeness (QED) is 0.481. The average molecular weight is 269 g/mol. The van der Waals surface area contributed by atoms with Gasteiger partial charge in [0.25, 0.3) is 5.97 Å². The summed E-state index contributed by atoms with van der Waals surface area (Å²) in [6.45, 7) is 2.99. The van der Waals surface area contributed by atoms with Crippen molar-refractivity contribution in [3.8, 4) is 0 Å². The Morgan fingerprint density at radius 3 is 2.42 bits per heavy atom.